The zero-order valence-electron chi connectivity index (χ0n) is 10.3. The van der Waals surface area contributed by atoms with Gasteiger partial charge in [-0.05, 0) is 43.4 Å². The van der Waals surface area contributed by atoms with Crippen LogP contribution < -0.4 is 5.73 Å². The Kier molecular flexibility index (Phi) is 2.54. The average molecular weight is 229 g/mol. The lowest BCUT2D eigenvalue weighted by Gasteiger charge is -2.12. The average Bonchev–Trinajstić information content (AvgIpc) is 2.90. The van der Waals surface area contributed by atoms with Gasteiger partial charge in [0.15, 0.2) is 0 Å². The Morgan fingerprint density at radius 2 is 2.12 bits per heavy atom. The summed E-state index contributed by atoms with van der Waals surface area (Å²) in [6.45, 7) is 3.15. The zero-order valence-corrected chi connectivity index (χ0v) is 10.3. The standard InChI is InChI=1S/C14H19N3/c1-10-6-7-12-13(8-10)17(14(15)16-12)9-11-4-2-3-5-11/h6-8,11H,2-5,9H2,1H3,(H2,15,16). The largest absolute Gasteiger partial charge is 0.369 e. The molecule has 3 nitrogen and oxygen atoms in total. The third-order valence-corrected chi connectivity index (χ3v) is 3.85. The SMILES string of the molecule is Cc1ccc2nc(N)n(CC3CCCC3)c2c1. The summed E-state index contributed by atoms with van der Waals surface area (Å²) in [5.41, 5.74) is 9.51. The minimum absolute atomic E-state index is 0.664. The van der Waals surface area contributed by atoms with Crippen molar-refractivity contribution in [3.8, 4) is 0 Å². The Hall–Kier alpha value is -1.51. The van der Waals surface area contributed by atoms with Gasteiger partial charge in [0.1, 0.15) is 0 Å². The lowest BCUT2D eigenvalue weighted by molar-refractivity contribution is 0.468. The van der Waals surface area contributed by atoms with E-state index in [2.05, 4.69) is 34.7 Å². The molecule has 0 unspecified atom stereocenters. The van der Waals surface area contributed by atoms with E-state index in [4.69, 9.17) is 5.73 Å². The number of anilines is 1. The van der Waals surface area contributed by atoms with Gasteiger partial charge in [0.25, 0.3) is 0 Å². The maximum absolute atomic E-state index is 6.03. The summed E-state index contributed by atoms with van der Waals surface area (Å²) in [6.07, 6.45) is 5.42. The van der Waals surface area contributed by atoms with Crippen LogP contribution in [0.3, 0.4) is 0 Å². The number of rotatable bonds is 2. The number of fused-ring (bicyclic) bond motifs is 1. The molecule has 1 aliphatic carbocycles. The third kappa shape index (κ3) is 1.90. The maximum atomic E-state index is 6.03. The van der Waals surface area contributed by atoms with Crippen LogP contribution >= 0.6 is 0 Å². The second kappa shape index (κ2) is 4.06. The molecular formula is C14H19N3. The first-order valence-corrected chi connectivity index (χ1v) is 6.46. The molecule has 2 aromatic rings. The van der Waals surface area contributed by atoms with Crippen LogP contribution in [0.1, 0.15) is 31.2 Å². The summed E-state index contributed by atoms with van der Waals surface area (Å²) in [5, 5.41) is 0. The Morgan fingerprint density at radius 3 is 2.88 bits per heavy atom. The van der Waals surface area contributed by atoms with Crippen LogP contribution in [-0.4, -0.2) is 9.55 Å². The minimum Gasteiger partial charge on any atom is -0.369 e. The normalized spacial score (nSPS) is 17.0. The van der Waals surface area contributed by atoms with Gasteiger partial charge in [0, 0.05) is 6.54 Å². The number of hydrogen-bond acceptors (Lipinski definition) is 2. The summed E-state index contributed by atoms with van der Waals surface area (Å²) >= 11 is 0. The molecule has 0 bridgehead atoms. The summed E-state index contributed by atoms with van der Waals surface area (Å²) in [6, 6.07) is 6.34. The molecule has 1 aliphatic rings. The van der Waals surface area contributed by atoms with Crippen molar-refractivity contribution in [3.63, 3.8) is 0 Å². The van der Waals surface area contributed by atoms with Crippen molar-refractivity contribution in [2.75, 3.05) is 5.73 Å². The predicted molar refractivity (Wildman–Crippen MR) is 70.8 cm³/mol. The van der Waals surface area contributed by atoms with Crippen LogP contribution in [0.4, 0.5) is 5.95 Å². The van der Waals surface area contributed by atoms with Crippen molar-refractivity contribution in [1.29, 1.82) is 0 Å². The number of aromatic nitrogens is 2. The first kappa shape index (κ1) is 10.6. The molecule has 1 saturated carbocycles. The van der Waals surface area contributed by atoms with Crippen molar-refractivity contribution in [2.45, 2.75) is 39.2 Å². The molecule has 0 amide bonds. The van der Waals surface area contributed by atoms with Crippen LogP contribution in [0.5, 0.6) is 0 Å². The third-order valence-electron chi connectivity index (χ3n) is 3.85. The van der Waals surface area contributed by atoms with Gasteiger partial charge in [0.2, 0.25) is 5.95 Å². The molecule has 1 aromatic carbocycles. The van der Waals surface area contributed by atoms with Crippen LogP contribution in [0.25, 0.3) is 11.0 Å². The molecule has 2 N–H and O–H groups in total. The van der Waals surface area contributed by atoms with Gasteiger partial charge in [-0.3, -0.25) is 0 Å². The molecule has 1 heterocycles. The van der Waals surface area contributed by atoms with E-state index in [1.165, 1.54) is 36.8 Å². The second-order valence-electron chi connectivity index (χ2n) is 5.22. The lowest BCUT2D eigenvalue weighted by Crippen LogP contribution is -2.10. The number of benzene rings is 1. The number of nitrogens with zero attached hydrogens (tertiary/aromatic N) is 2. The number of nitrogen functional groups attached to an aromatic ring is 1. The molecular weight excluding hydrogens is 210 g/mol. The molecule has 0 atom stereocenters. The van der Waals surface area contributed by atoms with E-state index in [1.807, 2.05) is 0 Å². The molecule has 0 radical (unpaired) electrons. The van der Waals surface area contributed by atoms with Gasteiger partial charge < -0.3 is 10.3 Å². The Morgan fingerprint density at radius 1 is 1.35 bits per heavy atom. The summed E-state index contributed by atoms with van der Waals surface area (Å²) < 4.78 is 2.19. The number of imidazole rings is 1. The molecule has 90 valence electrons. The fraction of sp³-hybridized carbons (Fsp3) is 0.500. The monoisotopic (exact) mass is 229 g/mol. The highest BCUT2D eigenvalue weighted by atomic mass is 15.2. The summed E-state index contributed by atoms with van der Waals surface area (Å²) in [4.78, 5) is 4.44. The van der Waals surface area contributed by atoms with Gasteiger partial charge in [-0.1, -0.05) is 18.9 Å². The molecule has 0 aliphatic heterocycles. The van der Waals surface area contributed by atoms with E-state index in [0.717, 1.165) is 18.0 Å². The molecule has 0 saturated heterocycles. The van der Waals surface area contributed by atoms with Gasteiger partial charge in [-0.15, -0.1) is 0 Å². The van der Waals surface area contributed by atoms with Crippen molar-refractivity contribution in [2.24, 2.45) is 5.92 Å². The van der Waals surface area contributed by atoms with Crippen molar-refractivity contribution in [3.05, 3.63) is 23.8 Å². The molecule has 3 heteroatoms. The predicted octanol–water partition coefficient (Wildman–Crippen LogP) is 3.12. The molecule has 1 aromatic heterocycles. The fourth-order valence-corrected chi connectivity index (χ4v) is 2.89. The zero-order chi connectivity index (χ0) is 11.8. The Bertz CT molecular complexity index is 536. The second-order valence-corrected chi connectivity index (χ2v) is 5.22. The molecule has 3 rings (SSSR count). The quantitative estimate of drug-likeness (QED) is 0.859. The summed E-state index contributed by atoms with van der Waals surface area (Å²) in [5.74, 6) is 1.45. The number of aryl methyl sites for hydroxylation is 1. The van der Waals surface area contributed by atoms with Crippen LogP contribution in [0.2, 0.25) is 0 Å². The highest BCUT2D eigenvalue weighted by Crippen LogP contribution is 2.29. The van der Waals surface area contributed by atoms with Gasteiger partial charge in [-0.25, -0.2) is 4.98 Å². The van der Waals surface area contributed by atoms with Crippen LogP contribution in [0, 0.1) is 12.8 Å². The number of nitrogens with two attached hydrogens (primary N) is 1. The fourth-order valence-electron chi connectivity index (χ4n) is 2.89. The minimum atomic E-state index is 0.664. The number of hydrogen-bond donors (Lipinski definition) is 1. The smallest absolute Gasteiger partial charge is 0.201 e. The van der Waals surface area contributed by atoms with E-state index in [-0.39, 0.29) is 0 Å². The molecule has 1 fully saturated rings. The van der Waals surface area contributed by atoms with E-state index in [0.29, 0.717) is 5.95 Å². The molecule has 0 spiro atoms. The molecule has 17 heavy (non-hydrogen) atoms. The van der Waals surface area contributed by atoms with E-state index in [9.17, 15) is 0 Å². The first-order chi connectivity index (χ1) is 8.24. The highest BCUT2D eigenvalue weighted by molar-refractivity contribution is 5.79. The van der Waals surface area contributed by atoms with Gasteiger partial charge in [0.05, 0.1) is 11.0 Å². The topological polar surface area (TPSA) is 43.8 Å². The maximum Gasteiger partial charge on any atom is 0.201 e. The van der Waals surface area contributed by atoms with E-state index < -0.39 is 0 Å². The van der Waals surface area contributed by atoms with E-state index >= 15 is 0 Å². The van der Waals surface area contributed by atoms with Gasteiger partial charge in [-0.2, -0.15) is 0 Å². The first-order valence-electron chi connectivity index (χ1n) is 6.46. The van der Waals surface area contributed by atoms with Crippen LogP contribution in [0.15, 0.2) is 18.2 Å². The summed E-state index contributed by atoms with van der Waals surface area (Å²) in [7, 11) is 0. The van der Waals surface area contributed by atoms with Crippen molar-refractivity contribution in [1.82, 2.24) is 9.55 Å². The van der Waals surface area contributed by atoms with Crippen LogP contribution in [-0.2, 0) is 6.54 Å². The lowest BCUT2D eigenvalue weighted by atomic mass is 10.1. The van der Waals surface area contributed by atoms with Crippen molar-refractivity contribution >= 4 is 17.0 Å². The van der Waals surface area contributed by atoms with Crippen molar-refractivity contribution < 1.29 is 0 Å². The van der Waals surface area contributed by atoms with Gasteiger partial charge >= 0.3 is 0 Å². The highest BCUT2D eigenvalue weighted by Gasteiger charge is 2.18. The Labute approximate surface area is 102 Å². The Balaban J connectivity index is 2.01. The van der Waals surface area contributed by atoms with E-state index in [1.54, 1.807) is 0 Å².